The van der Waals surface area contributed by atoms with Gasteiger partial charge >= 0.3 is 0 Å². The van der Waals surface area contributed by atoms with Gasteiger partial charge in [0.2, 0.25) is 5.91 Å². The van der Waals surface area contributed by atoms with E-state index < -0.39 is 0 Å². The largest absolute Gasteiger partial charge is 0.344 e. The number of halogens is 2. The van der Waals surface area contributed by atoms with E-state index in [1.165, 1.54) is 17.3 Å². The lowest BCUT2D eigenvalue weighted by Gasteiger charge is -2.20. The number of amides is 1. The Balaban J connectivity index is 1.67. The maximum atomic E-state index is 12.6. The lowest BCUT2D eigenvalue weighted by atomic mass is 9.98. The van der Waals surface area contributed by atoms with E-state index in [1.54, 1.807) is 0 Å². The Hall–Kier alpha value is -1.94. The van der Waals surface area contributed by atoms with Crippen molar-refractivity contribution in [2.45, 2.75) is 18.7 Å². The average molecular weight is 430 g/mol. The minimum atomic E-state index is -0.182. The highest BCUT2D eigenvalue weighted by Crippen LogP contribution is 2.28. The van der Waals surface area contributed by atoms with Gasteiger partial charge in [0, 0.05) is 15.8 Å². The highest BCUT2D eigenvalue weighted by atomic mass is 35.5. The minimum Gasteiger partial charge on any atom is -0.344 e. The fraction of sp³-hybridized carbons (Fsp3) is 0.174. The summed E-state index contributed by atoms with van der Waals surface area (Å²) in [5.41, 5.74) is 4.17. The topological polar surface area (TPSA) is 29.1 Å². The van der Waals surface area contributed by atoms with Crippen LogP contribution in [0.25, 0.3) is 0 Å². The molecule has 3 aromatic carbocycles. The molecule has 28 heavy (non-hydrogen) atoms. The number of nitrogens with one attached hydrogen (secondary N) is 1. The second-order valence-corrected chi connectivity index (χ2v) is 8.31. The summed E-state index contributed by atoms with van der Waals surface area (Å²) >= 11 is 13.9. The van der Waals surface area contributed by atoms with Crippen LogP contribution in [0.3, 0.4) is 0 Å². The van der Waals surface area contributed by atoms with Gasteiger partial charge in [-0.2, -0.15) is 0 Å². The summed E-state index contributed by atoms with van der Waals surface area (Å²) in [5.74, 6) is 0.894. The summed E-state index contributed by atoms with van der Waals surface area (Å²) in [6.07, 6.45) is 0. The molecule has 0 saturated heterocycles. The van der Waals surface area contributed by atoms with Gasteiger partial charge in [-0.1, -0.05) is 89.4 Å². The molecule has 1 atom stereocenters. The molecule has 3 aromatic rings. The third-order valence-electron chi connectivity index (χ3n) is 4.39. The van der Waals surface area contributed by atoms with Crippen LogP contribution in [0.15, 0.2) is 72.8 Å². The van der Waals surface area contributed by atoms with E-state index in [0.717, 1.165) is 16.7 Å². The summed E-state index contributed by atoms with van der Waals surface area (Å²) < 4.78 is 0. The van der Waals surface area contributed by atoms with E-state index in [-0.39, 0.29) is 11.9 Å². The van der Waals surface area contributed by atoms with Gasteiger partial charge in [-0.3, -0.25) is 4.79 Å². The van der Waals surface area contributed by atoms with Crippen molar-refractivity contribution in [1.82, 2.24) is 5.32 Å². The quantitative estimate of drug-likeness (QED) is 0.467. The molecular formula is C23H21Cl2NOS. The molecule has 5 heteroatoms. The number of carbonyl (C=O) groups is 1. The Morgan fingerprint density at radius 2 is 1.50 bits per heavy atom. The van der Waals surface area contributed by atoms with Crippen molar-refractivity contribution in [3.8, 4) is 0 Å². The van der Waals surface area contributed by atoms with E-state index >= 15 is 0 Å². The van der Waals surface area contributed by atoms with Crippen LogP contribution in [0.2, 0.25) is 10.0 Å². The van der Waals surface area contributed by atoms with Crippen LogP contribution >= 0.6 is 35.0 Å². The average Bonchev–Trinajstić information content (AvgIpc) is 2.70. The molecule has 0 fully saturated rings. The minimum absolute atomic E-state index is 0.0254. The zero-order valence-corrected chi connectivity index (χ0v) is 17.8. The number of hydrogen-bond acceptors (Lipinski definition) is 2. The van der Waals surface area contributed by atoms with Gasteiger partial charge < -0.3 is 5.32 Å². The number of thioether (sulfide) groups is 1. The molecule has 0 saturated carbocycles. The molecule has 144 valence electrons. The zero-order chi connectivity index (χ0) is 19.9. The summed E-state index contributed by atoms with van der Waals surface area (Å²) in [7, 11) is 0. The van der Waals surface area contributed by atoms with Crippen molar-refractivity contribution in [1.29, 1.82) is 0 Å². The monoisotopic (exact) mass is 429 g/mol. The van der Waals surface area contributed by atoms with Crippen LogP contribution < -0.4 is 5.32 Å². The molecule has 0 aliphatic rings. The number of hydrogen-bond donors (Lipinski definition) is 1. The number of rotatable bonds is 7. The zero-order valence-electron chi connectivity index (χ0n) is 15.5. The van der Waals surface area contributed by atoms with Gasteiger partial charge in [0.1, 0.15) is 0 Å². The van der Waals surface area contributed by atoms with Crippen molar-refractivity contribution in [2.24, 2.45) is 0 Å². The molecule has 0 bridgehead atoms. The van der Waals surface area contributed by atoms with Crippen molar-refractivity contribution in [3.63, 3.8) is 0 Å². The normalized spacial score (nSPS) is 11.8. The predicted molar refractivity (Wildman–Crippen MR) is 120 cm³/mol. The van der Waals surface area contributed by atoms with Crippen LogP contribution in [0.4, 0.5) is 0 Å². The standard InChI is InChI=1S/C23H21Cl2NOS/c1-16-10-12-18(13-11-16)23(17-6-3-2-4-7-17)26-22(27)15-28-14-19-20(24)8-5-9-21(19)25/h2-13,23H,14-15H2,1H3,(H,26,27)/t23-/m0/s1. The summed E-state index contributed by atoms with van der Waals surface area (Å²) in [5, 5.41) is 4.41. The second kappa shape index (κ2) is 10.0. The molecule has 0 heterocycles. The van der Waals surface area contributed by atoms with Crippen LogP contribution in [0.5, 0.6) is 0 Å². The SMILES string of the molecule is Cc1ccc([C@@H](NC(=O)CSCc2c(Cl)cccc2Cl)c2ccccc2)cc1. The molecule has 0 aromatic heterocycles. The Labute approximate surface area is 180 Å². The molecule has 0 unspecified atom stereocenters. The van der Waals surface area contributed by atoms with Crippen molar-refractivity contribution >= 4 is 40.9 Å². The van der Waals surface area contributed by atoms with Gasteiger partial charge in [-0.05, 0) is 35.7 Å². The third kappa shape index (κ3) is 5.54. The molecule has 0 spiro atoms. The van der Waals surface area contributed by atoms with E-state index in [2.05, 4.69) is 36.5 Å². The first-order valence-electron chi connectivity index (χ1n) is 8.96. The Morgan fingerprint density at radius 1 is 0.893 bits per heavy atom. The van der Waals surface area contributed by atoms with E-state index in [1.807, 2.05) is 48.5 Å². The summed E-state index contributed by atoms with van der Waals surface area (Å²) in [4.78, 5) is 12.6. The van der Waals surface area contributed by atoms with Crippen LogP contribution in [-0.4, -0.2) is 11.7 Å². The Morgan fingerprint density at radius 3 is 2.14 bits per heavy atom. The predicted octanol–water partition coefficient (Wildman–Crippen LogP) is 6.44. The number of aryl methyl sites for hydroxylation is 1. The Bertz CT molecular complexity index is 909. The van der Waals surface area contributed by atoms with E-state index in [4.69, 9.17) is 23.2 Å². The van der Waals surface area contributed by atoms with Crippen LogP contribution in [0, 0.1) is 6.92 Å². The van der Waals surface area contributed by atoms with Gasteiger partial charge in [0.25, 0.3) is 0 Å². The fourth-order valence-corrected chi connectivity index (χ4v) is 4.46. The van der Waals surface area contributed by atoms with E-state index in [0.29, 0.717) is 21.6 Å². The van der Waals surface area contributed by atoms with Crippen LogP contribution in [0.1, 0.15) is 28.3 Å². The maximum Gasteiger partial charge on any atom is 0.230 e. The van der Waals surface area contributed by atoms with Gasteiger partial charge in [0.05, 0.1) is 11.8 Å². The molecule has 0 aliphatic heterocycles. The highest BCUT2D eigenvalue weighted by molar-refractivity contribution is 7.99. The Kier molecular flexibility index (Phi) is 7.43. The van der Waals surface area contributed by atoms with Crippen molar-refractivity contribution < 1.29 is 4.79 Å². The molecular weight excluding hydrogens is 409 g/mol. The highest BCUT2D eigenvalue weighted by Gasteiger charge is 2.17. The van der Waals surface area contributed by atoms with Crippen LogP contribution in [-0.2, 0) is 10.5 Å². The summed E-state index contributed by atoms with van der Waals surface area (Å²) in [6, 6.07) is 23.5. The number of carbonyl (C=O) groups excluding carboxylic acids is 1. The second-order valence-electron chi connectivity index (χ2n) is 6.51. The van der Waals surface area contributed by atoms with Gasteiger partial charge in [-0.25, -0.2) is 0 Å². The molecule has 1 N–H and O–H groups in total. The van der Waals surface area contributed by atoms with Gasteiger partial charge in [0.15, 0.2) is 0 Å². The molecule has 2 nitrogen and oxygen atoms in total. The molecule has 0 aliphatic carbocycles. The molecule has 1 amide bonds. The lowest BCUT2D eigenvalue weighted by molar-refractivity contribution is -0.119. The molecule has 0 radical (unpaired) electrons. The van der Waals surface area contributed by atoms with Crippen molar-refractivity contribution in [3.05, 3.63) is 105 Å². The molecule has 3 rings (SSSR count). The number of benzene rings is 3. The van der Waals surface area contributed by atoms with E-state index in [9.17, 15) is 4.79 Å². The maximum absolute atomic E-state index is 12.6. The smallest absolute Gasteiger partial charge is 0.230 e. The lowest BCUT2D eigenvalue weighted by Crippen LogP contribution is -2.30. The van der Waals surface area contributed by atoms with Crippen molar-refractivity contribution in [2.75, 3.05) is 5.75 Å². The van der Waals surface area contributed by atoms with Gasteiger partial charge in [-0.15, -0.1) is 11.8 Å². The fourth-order valence-electron chi connectivity index (χ4n) is 2.88. The third-order valence-corrected chi connectivity index (χ3v) is 6.06. The first kappa shape index (κ1) is 20.8. The summed E-state index contributed by atoms with van der Waals surface area (Å²) in [6.45, 7) is 2.05. The first-order chi connectivity index (χ1) is 13.5. The first-order valence-corrected chi connectivity index (χ1v) is 10.9.